The third-order valence-corrected chi connectivity index (χ3v) is 4.13. The molecule has 1 amide bonds. The molecule has 0 radical (unpaired) electrons. The highest BCUT2D eigenvalue weighted by atomic mass is 35.5. The molecule has 0 spiro atoms. The van der Waals surface area contributed by atoms with Gasteiger partial charge in [0.05, 0.1) is 22.7 Å². The Kier molecular flexibility index (Phi) is 7.64. The number of hydrogen-bond donors (Lipinski definition) is 3. The SMILES string of the molecule is Cl.Cl.O=C(NCC1CNCC1O)c1cnc2ccccc2c1C(F)(F)F. The first kappa shape index (κ1) is 22.4. The summed E-state index contributed by atoms with van der Waals surface area (Å²) in [6.07, 6.45) is -4.35. The number of β-amino-alcohol motifs (C(OH)–C–C–N with tert-alkyl or cyclic N) is 1. The second kappa shape index (κ2) is 8.85. The monoisotopic (exact) mass is 411 g/mol. The van der Waals surface area contributed by atoms with E-state index >= 15 is 0 Å². The zero-order valence-electron chi connectivity index (χ0n) is 13.4. The molecule has 1 aromatic carbocycles. The van der Waals surface area contributed by atoms with E-state index in [1.165, 1.54) is 18.2 Å². The van der Waals surface area contributed by atoms with Crippen LogP contribution in [0.15, 0.2) is 30.5 Å². The lowest BCUT2D eigenvalue weighted by Crippen LogP contribution is -2.35. The standard InChI is InChI=1S/C16H16F3N3O2.2ClH/c17-16(18,19)14-10-3-1-2-4-12(10)21-7-11(14)15(24)22-6-9-5-20-8-13(9)23;;/h1-4,7,9,13,20,23H,5-6,8H2,(H,22,24);2*1H. The summed E-state index contributed by atoms with van der Waals surface area (Å²) in [6, 6.07) is 5.82. The second-order valence-corrected chi connectivity index (χ2v) is 5.76. The van der Waals surface area contributed by atoms with Gasteiger partial charge in [-0.3, -0.25) is 9.78 Å². The van der Waals surface area contributed by atoms with E-state index in [9.17, 15) is 23.1 Å². The number of para-hydroxylation sites is 1. The van der Waals surface area contributed by atoms with Gasteiger partial charge in [-0.05, 0) is 6.07 Å². The van der Waals surface area contributed by atoms with E-state index in [2.05, 4.69) is 15.6 Å². The predicted octanol–water partition coefficient (Wildman–Crippen LogP) is 2.41. The van der Waals surface area contributed by atoms with Crippen LogP contribution >= 0.6 is 24.8 Å². The Morgan fingerprint density at radius 1 is 1.27 bits per heavy atom. The fraction of sp³-hybridized carbons (Fsp3) is 0.375. The number of halogens is 5. The number of nitrogens with zero attached hydrogens (tertiary/aromatic N) is 1. The molecule has 0 saturated carbocycles. The van der Waals surface area contributed by atoms with Crippen LogP contribution in [0.4, 0.5) is 13.2 Å². The number of carbonyl (C=O) groups is 1. The molecule has 1 saturated heterocycles. The van der Waals surface area contributed by atoms with Crippen LogP contribution in [-0.4, -0.2) is 41.7 Å². The quantitative estimate of drug-likeness (QED) is 0.724. The summed E-state index contributed by atoms with van der Waals surface area (Å²) >= 11 is 0. The van der Waals surface area contributed by atoms with E-state index in [1.54, 1.807) is 6.07 Å². The second-order valence-electron chi connectivity index (χ2n) is 5.76. The van der Waals surface area contributed by atoms with E-state index in [1.807, 2.05) is 0 Å². The topological polar surface area (TPSA) is 74.2 Å². The molecule has 0 aliphatic carbocycles. The number of pyridine rings is 1. The fourth-order valence-electron chi connectivity index (χ4n) is 2.87. The van der Waals surface area contributed by atoms with Crippen LogP contribution in [0.5, 0.6) is 0 Å². The van der Waals surface area contributed by atoms with Crippen LogP contribution in [0.25, 0.3) is 10.9 Å². The van der Waals surface area contributed by atoms with Gasteiger partial charge in [0.1, 0.15) is 0 Å². The van der Waals surface area contributed by atoms with E-state index < -0.39 is 29.3 Å². The summed E-state index contributed by atoms with van der Waals surface area (Å²) in [5.74, 6) is -1.07. The molecule has 144 valence electrons. The van der Waals surface area contributed by atoms with Crippen molar-refractivity contribution in [1.82, 2.24) is 15.6 Å². The minimum Gasteiger partial charge on any atom is -0.391 e. The lowest BCUT2D eigenvalue weighted by molar-refractivity contribution is -0.136. The van der Waals surface area contributed by atoms with Crippen molar-refractivity contribution in [1.29, 1.82) is 0 Å². The van der Waals surface area contributed by atoms with E-state index in [0.29, 0.717) is 13.1 Å². The molecule has 1 aliphatic heterocycles. The highest BCUT2D eigenvalue weighted by Crippen LogP contribution is 2.36. The summed E-state index contributed by atoms with van der Waals surface area (Å²) in [4.78, 5) is 16.2. The van der Waals surface area contributed by atoms with Gasteiger partial charge >= 0.3 is 6.18 Å². The molecule has 10 heteroatoms. The Morgan fingerprint density at radius 3 is 2.58 bits per heavy atom. The van der Waals surface area contributed by atoms with Crippen molar-refractivity contribution in [2.45, 2.75) is 12.3 Å². The first-order valence-corrected chi connectivity index (χ1v) is 7.50. The smallest absolute Gasteiger partial charge is 0.391 e. The molecule has 3 rings (SSSR count). The van der Waals surface area contributed by atoms with Crippen LogP contribution in [0.1, 0.15) is 15.9 Å². The molecule has 2 heterocycles. The summed E-state index contributed by atoms with van der Waals surface area (Å²) in [6.45, 7) is 1.01. The van der Waals surface area contributed by atoms with Crippen molar-refractivity contribution >= 4 is 41.6 Å². The number of aliphatic hydroxyl groups is 1. The number of aliphatic hydroxyl groups excluding tert-OH is 1. The highest BCUT2D eigenvalue weighted by molar-refractivity contribution is 6.00. The predicted molar refractivity (Wildman–Crippen MR) is 95.9 cm³/mol. The first-order chi connectivity index (χ1) is 11.4. The lowest BCUT2D eigenvalue weighted by atomic mass is 10.0. The summed E-state index contributed by atoms with van der Waals surface area (Å²) in [5.41, 5.74) is -1.32. The number of carbonyl (C=O) groups excluding carboxylic acids is 1. The largest absolute Gasteiger partial charge is 0.417 e. The van der Waals surface area contributed by atoms with Crippen LogP contribution < -0.4 is 10.6 Å². The maximum atomic E-state index is 13.5. The van der Waals surface area contributed by atoms with E-state index in [4.69, 9.17) is 0 Å². The minimum absolute atomic E-state index is 0. The number of hydrogen-bond acceptors (Lipinski definition) is 4. The molecule has 5 nitrogen and oxygen atoms in total. The Morgan fingerprint density at radius 2 is 1.96 bits per heavy atom. The Hall–Kier alpha value is -1.61. The molecule has 2 atom stereocenters. The first-order valence-electron chi connectivity index (χ1n) is 7.50. The maximum Gasteiger partial charge on any atom is 0.417 e. The van der Waals surface area contributed by atoms with Gasteiger partial charge in [0, 0.05) is 37.1 Å². The van der Waals surface area contributed by atoms with Gasteiger partial charge in [0.25, 0.3) is 5.91 Å². The zero-order valence-corrected chi connectivity index (χ0v) is 15.0. The van der Waals surface area contributed by atoms with Gasteiger partial charge in [-0.1, -0.05) is 18.2 Å². The number of fused-ring (bicyclic) bond motifs is 1. The normalized spacial score (nSPS) is 19.5. The molecular formula is C16H18Cl2F3N3O2. The van der Waals surface area contributed by atoms with Crippen molar-refractivity contribution in [3.63, 3.8) is 0 Å². The number of benzene rings is 1. The number of alkyl halides is 3. The molecule has 26 heavy (non-hydrogen) atoms. The summed E-state index contributed by atoms with van der Waals surface area (Å²) in [7, 11) is 0. The van der Waals surface area contributed by atoms with Crippen molar-refractivity contribution < 1.29 is 23.1 Å². The Bertz CT molecular complexity index is 774. The van der Waals surface area contributed by atoms with Crippen LogP contribution in [-0.2, 0) is 6.18 Å². The fourth-order valence-corrected chi connectivity index (χ4v) is 2.87. The van der Waals surface area contributed by atoms with Crippen molar-refractivity contribution in [3.8, 4) is 0 Å². The van der Waals surface area contributed by atoms with Crippen LogP contribution in [0, 0.1) is 5.92 Å². The molecule has 3 N–H and O–H groups in total. The number of nitrogens with one attached hydrogen (secondary N) is 2. The lowest BCUT2D eigenvalue weighted by Gasteiger charge is -2.17. The molecule has 1 aromatic heterocycles. The Labute approximate surface area is 160 Å². The summed E-state index contributed by atoms with van der Waals surface area (Å²) in [5, 5.41) is 15.0. The molecule has 2 unspecified atom stereocenters. The minimum atomic E-state index is -4.68. The molecule has 1 fully saturated rings. The van der Waals surface area contributed by atoms with Gasteiger partial charge in [0.2, 0.25) is 0 Å². The number of amides is 1. The highest BCUT2D eigenvalue weighted by Gasteiger charge is 2.38. The van der Waals surface area contributed by atoms with Gasteiger partial charge in [-0.2, -0.15) is 13.2 Å². The maximum absolute atomic E-state index is 13.5. The zero-order chi connectivity index (χ0) is 17.3. The third-order valence-electron chi connectivity index (χ3n) is 4.13. The van der Waals surface area contributed by atoms with Gasteiger partial charge < -0.3 is 15.7 Å². The van der Waals surface area contributed by atoms with Crippen molar-refractivity contribution in [2.75, 3.05) is 19.6 Å². The van der Waals surface area contributed by atoms with E-state index in [-0.39, 0.29) is 48.2 Å². The molecule has 1 aliphatic rings. The molecule has 2 aromatic rings. The van der Waals surface area contributed by atoms with Crippen molar-refractivity contribution in [3.05, 3.63) is 41.6 Å². The molecular weight excluding hydrogens is 394 g/mol. The Balaban J connectivity index is 0.00000169. The molecule has 0 bridgehead atoms. The van der Waals surface area contributed by atoms with E-state index in [0.717, 1.165) is 6.20 Å². The average molecular weight is 412 g/mol. The average Bonchev–Trinajstić information content (AvgIpc) is 2.95. The third kappa shape index (κ3) is 4.56. The number of aromatic nitrogens is 1. The van der Waals surface area contributed by atoms with Gasteiger partial charge in [-0.15, -0.1) is 24.8 Å². The van der Waals surface area contributed by atoms with Gasteiger partial charge in [-0.25, -0.2) is 0 Å². The van der Waals surface area contributed by atoms with Crippen LogP contribution in [0.3, 0.4) is 0 Å². The number of rotatable bonds is 3. The van der Waals surface area contributed by atoms with Crippen molar-refractivity contribution in [2.24, 2.45) is 5.92 Å². The van der Waals surface area contributed by atoms with Crippen LogP contribution in [0.2, 0.25) is 0 Å². The summed E-state index contributed by atoms with van der Waals surface area (Å²) < 4.78 is 40.5. The van der Waals surface area contributed by atoms with Gasteiger partial charge in [0.15, 0.2) is 0 Å².